The minimum atomic E-state index is -0.373. The molecule has 124 valence electrons. The van der Waals surface area contributed by atoms with E-state index in [9.17, 15) is 4.79 Å². The number of benzene rings is 1. The van der Waals surface area contributed by atoms with Gasteiger partial charge in [0.2, 0.25) is 5.91 Å². The topological polar surface area (TPSA) is 92.3 Å². The zero-order chi connectivity index (χ0) is 16.8. The largest absolute Gasteiger partial charge is 0.493 e. The Morgan fingerprint density at radius 2 is 2.00 bits per heavy atom. The maximum Gasteiger partial charge on any atom is 0.227 e. The number of nitrogens with zero attached hydrogens (tertiary/aromatic N) is 3. The van der Waals surface area contributed by atoms with E-state index in [0.717, 1.165) is 17.9 Å². The maximum absolute atomic E-state index is 10.9. The molecule has 1 amide bonds. The van der Waals surface area contributed by atoms with Gasteiger partial charge in [-0.3, -0.25) is 4.79 Å². The summed E-state index contributed by atoms with van der Waals surface area (Å²) in [5.41, 5.74) is 6.22. The van der Waals surface area contributed by atoms with Crippen molar-refractivity contribution < 1.29 is 14.3 Å². The van der Waals surface area contributed by atoms with E-state index < -0.39 is 0 Å². The van der Waals surface area contributed by atoms with E-state index in [0.29, 0.717) is 23.1 Å². The summed E-state index contributed by atoms with van der Waals surface area (Å²) >= 11 is 1.29. The normalized spacial score (nSPS) is 10.6. The molecule has 2 aromatic rings. The van der Waals surface area contributed by atoms with E-state index in [1.165, 1.54) is 11.8 Å². The molecule has 0 aliphatic rings. The van der Waals surface area contributed by atoms with Crippen molar-refractivity contribution in [2.45, 2.75) is 25.0 Å². The highest BCUT2D eigenvalue weighted by molar-refractivity contribution is 7.99. The number of aromatic nitrogens is 3. The number of hydrogen-bond acceptors (Lipinski definition) is 6. The predicted molar refractivity (Wildman–Crippen MR) is 88.0 cm³/mol. The first kappa shape index (κ1) is 17.1. The lowest BCUT2D eigenvalue weighted by Crippen LogP contribution is -2.14. The van der Waals surface area contributed by atoms with Crippen LogP contribution >= 0.6 is 11.8 Å². The molecule has 1 heterocycles. The number of methoxy groups -OCH3 is 2. The Morgan fingerprint density at radius 1 is 1.26 bits per heavy atom. The molecular formula is C15H20N4O3S. The Hall–Kier alpha value is -2.22. The van der Waals surface area contributed by atoms with E-state index in [1.807, 2.05) is 29.7 Å². The Balaban J connectivity index is 2.21. The number of rotatable bonds is 8. The van der Waals surface area contributed by atoms with Crippen LogP contribution in [0.1, 0.15) is 18.3 Å². The first-order valence-corrected chi connectivity index (χ1v) is 8.11. The quantitative estimate of drug-likeness (QED) is 0.734. The van der Waals surface area contributed by atoms with Crippen molar-refractivity contribution in [2.75, 3.05) is 20.0 Å². The molecule has 0 aliphatic carbocycles. The molecule has 0 radical (unpaired) electrons. The van der Waals surface area contributed by atoms with Gasteiger partial charge in [0, 0.05) is 13.0 Å². The average molecular weight is 336 g/mol. The van der Waals surface area contributed by atoms with Gasteiger partial charge in [0.1, 0.15) is 5.82 Å². The molecule has 2 rings (SSSR count). The van der Waals surface area contributed by atoms with Gasteiger partial charge in [-0.15, -0.1) is 10.2 Å². The molecular weight excluding hydrogens is 316 g/mol. The molecule has 0 atom stereocenters. The molecule has 0 spiro atoms. The highest BCUT2D eigenvalue weighted by atomic mass is 32.2. The number of nitrogens with two attached hydrogens (primary N) is 1. The van der Waals surface area contributed by atoms with Crippen LogP contribution in [-0.4, -0.2) is 40.6 Å². The lowest BCUT2D eigenvalue weighted by atomic mass is 10.1. The second kappa shape index (κ2) is 7.87. The van der Waals surface area contributed by atoms with Crippen LogP contribution in [-0.2, 0) is 17.8 Å². The summed E-state index contributed by atoms with van der Waals surface area (Å²) in [5, 5.41) is 9.07. The van der Waals surface area contributed by atoms with E-state index in [-0.39, 0.29) is 11.7 Å². The zero-order valence-corrected chi connectivity index (χ0v) is 14.2. The number of hydrogen-bond donors (Lipinski definition) is 1. The molecule has 0 aliphatic heterocycles. The molecule has 1 aromatic carbocycles. The van der Waals surface area contributed by atoms with Gasteiger partial charge < -0.3 is 19.8 Å². The smallest absolute Gasteiger partial charge is 0.227 e. The number of ether oxygens (including phenoxy) is 2. The molecule has 23 heavy (non-hydrogen) atoms. The highest BCUT2D eigenvalue weighted by Crippen LogP contribution is 2.28. The molecule has 0 bridgehead atoms. The highest BCUT2D eigenvalue weighted by Gasteiger charge is 2.14. The van der Waals surface area contributed by atoms with E-state index >= 15 is 0 Å². The van der Waals surface area contributed by atoms with Crippen LogP contribution in [0.25, 0.3) is 0 Å². The van der Waals surface area contributed by atoms with Crippen molar-refractivity contribution in [1.29, 1.82) is 0 Å². The Kier molecular flexibility index (Phi) is 5.86. The summed E-state index contributed by atoms with van der Waals surface area (Å²) in [7, 11) is 3.21. The van der Waals surface area contributed by atoms with E-state index in [1.54, 1.807) is 14.2 Å². The fourth-order valence-electron chi connectivity index (χ4n) is 2.18. The summed E-state index contributed by atoms with van der Waals surface area (Å²) in [4.78, 5) is 10.9. The molecule has 0 fully saturated rings. The third-order valence-corrected chi connectivity index (χ3v) is 4.25. The number of amides is 1. The summed E-state index contributed by atoms with van der Waals surface area (Å²) in [6.45, 7) is 2.73. The average Bonchev–Trinajstić information content (AvgIpc) is 2.94. The van der Waals surface area contributed by atoms with Gasteiger partial charge in [-0.05, 0) is 24.6 Å². The second-order valence-corrected chi connectivity index (χ2v) is 5.71. The lowest BCUT2D eigenvalue weighted by molar-refractivity contribution is -0.115. The van der Waals surface area contributed by atoms with Gasteiger partial charge in [0.25, 0.3) is 0 Å². The van der Waals surface area contributed by atoms with Gasteiger partial charge in [-0.25, -0.2) is 0 Å². The molecule has 1 aromatic heterocycles. The van der Waals surface area contributed by atoms with E-state index in [4.69, 9.17) is 15.2 Å². The number of thioether (sulfide) groups is 1. The molecule has 7 nitrogen and oxygen atoms in total. The van der Waals surface area contributed by atoms with Gasteiger partial charge in [0.05, 0.1) is 20.0 Å². The van der Waals surface area contributed by atoms with Crippen molar-refractivity contribution in [1.82, 2.24) is 14.8 Å². The van der Waals surface area contributed by atoms with Crippen molar-refractivity contribution in [3.63, 3.8) is 0 Å². The third kappa shape index (κ3) is 4.16. The van der Waals surface area contributed by atoms with Crippen LogP contribution in [0.15, 0.2) is 23.4 Å². The fraction of sp³-hybridized carbons (Fsp3) is 0.400. The van der Waals surface area contributed by atoms with Gasteiger partial charge in [-0.2, -0.15) is 0 Å². The summed E-state index contributed by atoms with van der Waals surface area (Å²) in [6.07, 6.45) is 0.609. The van der Waals surface area contributed by atoms with Crippen LogP contribution < -0.4 is 15.2 Å². The summed E-state index contributed by atoms with van der Waals surface area (Å²) in [6, 6.07) is 5.75. The van der Waals surface area contributed by atoms with Crippen LogP contribution in [0.2, 0.25) is 0 Å². The van der Waals surface area contributed by atoms with E-state index in [2.05, 4.69) is 10.2 Å². The first-order chi connectivity index (χ1) is 11.1. The van der Waals surface area contributed by atoms with Gasteiger partial charge in [-0.1, -0.05) is 17.8 Å². The molecule has 0 saturated carbocycles. The minimum Gasteiger partial charge on any atom is -0.493 e. The predicted octanol–water partition coefficient (Wildman–Crippen LogP) is 1.48. The molecule has 2 N–H and O–H groups in total. The van der Waals surface area contributed by atoms with Gasteiger partial charge >= 0.3 is 0 Å². The standard InChI is InChI=1S/C15H20N4O3S/c1-4-19-14(17-18-15(19)23-9-13(16)20)8-10-5-6-11(21-2)12(7-10)22-3/h5-7H,4,8-9H2,1-3H3,(H2,16,20). The monoisotopic (exact) mass is 336 g/mol. The first-order valence-electron chi connectivity index (χ1n) is 7.13. The molecule has 0 saturated heterocycles. The van der Waals surface area contributed by atoms with Crippen molar-refractivity contribution in [3.8, 4) is 11.5 Å². The SMILES string of the molecule is CCn1c(Cc2ccc(OC)c(OC)c2)nnc1SCC(N)=O. The number of carbonyl (C=O) groups excluding carboxylic acids is 1. The fourth-order valence-corrected chi connectivity index (χ4v) is 2.94. The maximum atomic E-state index is 10.9. The molecule has 8 heteroatoms. The Labute approximate surface area is 139 Å². The number of carbonyl (C=O) groups is 1. The van der Waals surface area contributed by atoms with Crippen LogP contribution in [0.3, 0.4) is 0 Å². The second-order valence-electron chi connectivity index (χ2n) is 4.76. The van der Waals surface area contributed by atoms with Crippen molar-refractivity contribution in [2.24, 2.45) is 5.73 Å². The Bertz CT molecular complexity index is 687. The van der Waals surface area contributed by atoms with Crippen molar-refractivity contribution >= 4 is 17.7 Å². The number of primary amides is 1. The van der Waals surface area contributed by atoms with Crippen LogP contribution in [0.4, 0.5) is 0 Å². The summed E-state index contributed by atoms with van der Waals surface area (Å²) < 4.78 is 12.5. The zero-order valence-electron chi connectivity index (χ0n) is 13.4. The van der Waals surface area contributed by atoms with Crippen LogP contribution in [0, 0.1) is 0 Å². The van der Waals surface area contributed by atoms with Crippen LogP contribution in [0.5, 0.6) is 11.5 Å². The minimum absolute atomic E-state index is 0.189. The lowest BCUT2D eigenvalue weighted by Gasteiger charge is -2.10. The van der Waals surface area contributed by atoms with Crippen molar-refractivity contribution in [3.05, 3.63) is 29.6 Å². The molecule has 0 unspecified atom stereocenters. The summed E-state index contributed by atoms with van der Waals surface area (Å²) in [5.74, 6) is 2.00. The Morgan fingerprint density at radius 3 is 2.61 bits per heavy atom. The van der Waals surface area contributed by atoms with Gasteiger partial charge in [0.15, 0.2) is 16.7 Å². The third-order valence-electron chi connectivity index (χ3n) is 3.26.